The van der Waals surface area contributed by atoms with Gasteiger partial charge in [0.2, 0.25) is 0 Å². The summed E-state index contributed by atoms with van der Waals surface area (Å²) in [5.41, 5.74) is 5.82. The number of nitrogens with one attached hydrogen (secondary N) is 1. The van der Waals surface area contributed by atoms with Crippen molar-refractivity contribution in [2.75, 3.05) is 4.90 Å². The van der Waals surface area contributed by atoms with E-state index in [4.69, 9.17) is 0 Å². The van der Waals surface area contributed by atoms with Crippen LogP contribution in [0.25, 0.3) is 11.8 Å². The highest BCUT2D eigenvalue weighted by atomic mass is 127. The van der Waals surface area contributed by atoms with Crippen molar-refractivity contribution in [2.24, 2.45) is 0 Å². The van der Waals surface area contributed by atoms with Gasteiger partial charge in [0, 0.05) is 20.6 Å². The largest absolute Gasteiger partial charge is 0.335 e. The topological polar surface area (TPSA) is 71.4 Å². The van der Waals surface area contributed by atoms with Crippen molar-refractivity contribution in [2.45, 2.75) is 27.7 Å². The van der Waals surface area contributed by atoms with Gasteiger partial charge in [-0.05, 0) is 109 Å². The predicted octanol–water partition coefficient (Wildman–Crippen LogP) is 4.98. The Labute approximate surface area is 200 Å². The first-order valence-electron chi connectivity index (χ1n) is 10.1. The predicted molar refractivity (Wildman–Crippen MR) is 133 cm³/mol. The minimum atomic E-state index is -0.744. The fraction of sp³-hybridized carbons (Fsp3) is 0.160. The highest BCUT2D eigenvalue weighted by Gasteiger charge is 2.37. The zero-order valence-corrected chi connectivity index (χ0v) is 20.4. The minimum Gasteiger partial charge on any atom is -0.318 e. The molecular weight excluding hydrogens is 517 g/mol. The molecular formula is C25H22IN3O3. The van der Waals surface area contributed by atoms with Gasteiger partial charge in [0.15, 0.2) is 0 Å². The number of aryl methyl sites for hydroxylation is 3. The first kappa shape index (κ1) is 22.0. The normalized spacial score (nSPS) is 15.5. The second-order valence-corrected chi connectivity index (χ2v) is 9.19. The molecule has 1 aliphatic heterocycles. The number of rotatable bonds is 3. The average Bonchev–Trinajstić information content (AvgIpc) is 2.97. The second kappa shape index (κ2) is 8.38. The molecule has 7 heteroatoms. The van der Waals surface area contributed by atoms with Crippen molar-refractivity contribution >= 4 is 52.2 Å². The maximum absolute atomic E-state index is 13.3. The van der Waals surface area contributed by atoms with Crippen LogP contribution >= 0.6 is 22.6 Å². The number of hydrogen-bond donors (Lipinski definition) is 1. The third-order valence-electron chi connectivity index (χ3n) is 5.40. The Kier molecular flexibility index (Phi) is 5.77. The highest BCUT2D eigenvalue weighted by Crippen LogP contribution is 2.27. The molecule has 0 radical (unpaired) electrons. The van der Waals surface area contributed by atoms with E-state index in [0.29, 0.717) is 5.69 Å². The van der Waals surface area contributed by atoms with Gasteiger partial charge >= 0.3 is 6.03 Å². The number of urea groups is 1. The van der Waals surface area contributed by atoms with E-state index in [0.717, 1.165) is 42.2 Å². The molecule has 162 valence electrons. The lowest BCUT2D eigenvalue weighted by Crippen LogP contribution is -2.54. The van der Waals surface area contributed by atoms with E-state index in [1.54, 1.807) is 18.2 Å². The molecule has 1 N–H and O–H groups in total. The Hall–Kier alpha value is -3.20. The molecule has 0 aliphatic carbocycles. The third-order valence-corrected chi connectivity index (χ3v) is 6.07. The minimum absolute atomic E-state index is 0.0772. The number of carbonyl (C=O) groups is 3. The third kappa shape index (κ3) is 4.00. The van der Waals surface area contributed by atoms with Crippen LogP contribution in [0.3, 0.4) is 0 Å². The molecule has 2 aromatic carbocycles. The molecule has 1 aliphatic rings. The number of imide groups is 2. The monoisotopic (exact) mass is 539 g/mol. The summed E-state index contributed by atoms with van der Waals surface area (Å²) < 4.78 is 3.18. The lowest BCUT2D eigenvalue weighted by Gasteiger charge is -2.27. The summed E-state index contributed by atoms with van der Waals surface area (Å²) in [6.07, 6.45) is 1.56. The number of carbonyl (C=O) groups excluding carboxylic acids is 3. The van der Waals surface area contributed by atoms with E-state index in [1.165, 1.54) is 0 Å². The summed E-state index contributed by atoms with van der Waals surface area (Å²) in [4.78, 5) is 39.4. The second-order valence-electron chi connectivity index (χ2n) is 7.95. The Bertz CT molecular complexity index is 1300. The van der Waals surface area contributed by atoms with Crippen LogP contribution in [0.15, 0.2) is 54.1 Å². The summed E-state index contributed by atoms with van der Waals surface area (Å²) in [5.74, 6) is -1.33. The number of amides is 4. The van der Waals surface area contributed by atoms with Gasteiger partial charge < -0.3 is 4.57 Å². The van der Waals surface area contributed by atoms with Gasteiger partial charge in [-0.1, -0.05) is 12.1 Å². The van der Waals surface area contributed by atoms with Crippen molar-refractivity contribution in [3.63, 3.8) is 0 Å². The van der Waals surface area contributed by atoms with Gasteiger partial charge in [-0.2, -0.15) is 0 Å². The average molecular weight is 539 g/mol. The van der Waals surface area contributed by atoms with Gasteiger partial charge in [-0.3, -0.25) is 14.9 Å². The Morgan fingerprint density at radius 2 is 1.56 bits per heavy atom. The summed E-state index contributed by atoms with van der Waals surface area (Å²) in [6, 6.07) is 14.7. The lowest BCUT2D eigenvalue weighted by atomic mass is 10.1. The smallest absolute Gasteiger partial charge is 0.318 e. The van der Waals surface area contributed by atoms with E-state index < -0.39 is 17.8 Å². The van der Waals surface area contributed by atoms with E-state index in [-0.39, 0.29) is 5.57 Å². The first-order chi connectivity index (χ1) is 15.2. The first-order valence-corrected chi connectivity index (χ1v) is 11.2. The SMILES string of the molecule is Cc1cc(C)cc(N2C(=O)NC(=O)/C(=C\c3cc(C)n(-c4cccc(I)c4)c3C)C2=O)c1. The number of barbiturate groups is 1. The summed E-state index contributed by atoms with van der Waals surface area (Å²) in [6.45, 7) is 7.70. The molecule has 32 heavy (non-hydrogen) atoms. The molecule has 6 nitrogen and oxygen atoms in total. The summed E-state index contributed by atoms with van der Waals surface area (Å²) in [7, 11) is 0. The van der Waals surface area contributed by atoms with Crippen molar-refractivity contribution in [3.05, 3.63) is 85.8 Å². The van der Waals surface area contributed by atoms with Gasteiger partial charge in [-0.15, -0.1) is 0 Å². The van der Waals surface area contributed by atoms with Crippen LogP contribution in [0.4, 0.5) is 10.5 Å². The van der Waals surface area contributed by atoms with Crippen LogP contribution in [-0.2, 0) is 9.59 Å². The molecule has 0 bridgehead atoms. The van der Waals surface area contributed by atoms with Crippen molar-refractivity contribution in [1.29, 1.82) is 0 Å². The molecule has 0 saturated carbocycles. The molecule has 3 aromatic rings. The number of halogens is 1. The van der Waals surface area contributed by atoms with Crippen LogP contribution in [0.2, 0.25) is 0 Å². The van der Waals surface area contributed by atoms with E-state index >= 15 is 0 Å². The number of anilines is 1. The van der Waals surface area contributed by atoms with Crippen LogP contribution in [-0.4, -0.2) is 22.4 Å². The summed E-state index contributed by atoms with van der Waals surface area (Å²) in [5, 5.41) is 2.30. The number of hydrogen-bond acceptors (Lipinski definition) is 3. The molecule has 4 amide bonds. The van der Waals surface area contributed by atoms with Crippen molar-refractivity contribution in [1.82, 2.24) is 9.88 Å². The molecule has 1 aromatic heterocycles. The molecule has 0 atom stereocenters. The molecule has 1 fully saturated rings. The summed E-state index contributed by atoms with van der Waals surface area (Å²) >= 11 is 2.27. The fourth-order valence-corrected chi connectivity index (χ4v) is 4.60. The quantitative estimate of drug-likeness (QED) is 0.290. The Morgan fingerprint density at radius 3 is 2.22 bits per heavy atom. The standard InChI is InChI=1S/C25H22IN3O3/c1-14-8-15(2)10-21(9-14)29-24(31)22(23(30)27-25(29)32)12-18-11-16(3)28(17(18)4)20-7-5-6-19(26)13-20/h5-13H,1-4H3,(H,27,30,32)/b22-12+. The molecule has 0 spiro atoms. The number of nitrogens with zero attached hydrogens (tertiary/aromatic N) is 2. The van der Waals surface area contributed by atoms with Gasteiger partial charge in [0.1, 0.15) is 5.57 Å². The zero-order valence-electron chi connectivity index (χ0n) is 18.2. The van der Waals surface area contributed by atoms with Crippen molar-refractivity contribution in [3.8, 4) is 5.69 Å². The van der Waals surface area contributed by atoms with E-state index in [1.807, 2.05) is 58.0 Å². The zero-order chi connectivity index (χ0) is 23.2. The maximum Gasteiger partial charge on any atom is 0.335 e. The van der Waals surface area contributed by atoms with Crippen LogP contribution in [0, 0.1) is 31.3 Å². The van der Waals surface area contributed by atoms with Crippen molar-refractivity contribution < 1.29 is 14.4 Å². The number of aromatic nitrogens is 1. The van der Waals surface area contributed by atoms with Crippen LogP contribution in [0.1, 0.15) is 28.1 Å². The van der Waals surface area contributed by atoms with Gasteiger partial charge in [0.25, 0.3) is 11.8 Å². The van der Waals surface area contributed by atoms with E-state index in [9.17, 15) is 14.4 Å². The molecule has 0 unspecified atom stereocenters. The number of benzene rings is 2. The Balaban J connectivity index is 1.78. The van der Waals surface area contributed by atoms with Gasteiger partial charge in [0.05, 0.1) is 5.69 Å². The molecule has 1 saturated heterocycles. The Morgan fingerprint density at radius 1 is 0.875 bits per heavy atom. The molecule has 2 heterocycles. The highest BCUT2D eigenvalue weighted by molar-refractivity contribution is 14.1. The maximum atomic E-state index is 13.3. The van der Waals surface area contributed by atoms with Crippen LogP contribution in [0.5, 0.6) is 0 Å². The molecule has 4 rings (SSSR count). The fourth-order valence-electron chi connectivity index (χ4n) is 4.07. The van der Waals surface area contributed by atoms with Gasteiger partial charge in [-0.25, -0.2) is 9.69 Å². The van der Waals surface area contributed by atoms with Crippen LogP contribution < -0.4 is 10.2 Å². The lowest BCUT2D eigenvalue weighted by molar-refractivity contribution is -0.122. The van der Waals surface area contributed by atoms with E-state index in [2.05, 4.69) is 38.5 Å².